The lowest BCUT2D eigenvalue weighted by Crippen LogP contribution is -2.53. The molecule has 0 fully saturated rings. The van der Waals surface area contributed by atoms with E-state index in [1.807, 2.05) is 0 Å². The number of carbonyl (C=O) groups is 3. The molecule has 0 unspecified atom stereocenters. The number of benzene rings is 1. The van der Waals surface area contributed by atoms with Crippen LogP contribution in [0, 0.1) is 6.92 Å². The summed E-state index contributed by atoms with van der Waals surface area (Å²) >= 11 is 0. The van der Waals surface area contributed by atoms with Gasteiger partial charge in [-0.1, -0.05) is 0 Å². The van der Waals surface area contributed by atoms with E-state index < -0.39 is 17.7 Å². The van der Waals surface area contributed by atoms with E-state index in [9.17, 15) is 14.4 Å². The molecule has 1 heterocycles. The second-order valence-electron chi connectivity index (χ2n) is 6.70. The van der Waals surface area contributed by atoms with Gasteiger partial charge in [0, 0.05) is 14.1 Å². The minimum Gasteiger partial charge on any atom is -0.476 e. The first-order valence-electron chi connectivity index (χ1n) is 8.16. The Hall–Kier alpha value is -2.77. The van der Waals surface area contributed by atoms with Crippen LogP contribution in [-0.2, 0) is 14.3 Å². The Morgan fingerprint density at radius 1 is 1.27 bits per heavy atom. The van der Waals surface area contributed by atoms with Gasteiger partial charge in [-0.05, 0) is 38.5 Å². The Kier molecular flexibility index (Phi) is 5.44. The van der Waals surface area contributed by atoms with Gasteiger partial charge < -0.3 is 24.0 Å². The third-order valence-electron chi connectivity index (χ3n) is 4.03. The quantitative estimate of drug-likeness (QED) is 0.760. The summed E-state index contributed by atoms with van der Waals surface area (Å²) in [4.78, 5) is 39.1. The summed E-state index contributed by atoms with van der Waals surface area (Å²) in [5.74, 6) is -0.300. The molecule has 0 spiro atoms. The fourth-order valence-electron chi connectivity index (χ4n) is 2.62. The number of methoxy groups -OCH3 is 1. The monoisotopic (exact) mass is 364 g/mol. The molecule has 0 radical (unpaired) electrons. The second kappa shape index (κ2) is 7.23. The summed E-state index contributed by atoms with van der Waals surface area (Å²) in [6.07, 6.45) is -0.496. The third kappa shape index (κ3) is 3.74. The van der Waals surface area contributed by atoms with Crippen molar-refractivity contribution in [1.82, 2.24) is 4.90 Å². The molecule has 0 N–H and O–H groups in total. The van der Waals surface area contributed by atoms with Crippen LogP contribution in [-0.4, -0.2) is 62.8 Å². The largest absolute Gasteiger partial charge is 0.476 e. The van der Waals surface area contributed by atoms with Gasteiger partial charge in [0.15, 0.2) is 5.60 Å². The predicted octanol–water partition coefficient (Wildman–Crippen LogP) is 1.98. The number of esters is 1. The van der Waals surface area contributed by atoms with Crippen molar-refractivity contribution in [2.24, 2.45) is 0 Å². The highest BCUT2D eigenvalue weighted by molar-refractivity contribution is 6.04. The van der Waals surface area contributed by atoms with Crippen molar-refractivity contribution in [3.63, 3.8) is 0 Å². The SMILES string of the molecule is COC(=O)c1cc2c(cc1C)OC(C)(C)C(=O)N2CCOC(=O)N(C)C. The van der Waals surface area contributed by atoms with Gasteiger partial charge >= 0.3 is 12.1 Å². The second-order valence-corrected chi connectivity index (χ2v) is 6.70. The van der Waals surface area contributed by atoms with Crippen molar-refractivity contribution in [3.05, 3.63) is 23.3 Å². The molecular weight excluding hydrogens is 340 g/mol. The molecule has 0 saturated heterocycles. The van der Waals surface area contributed by atoms with E-state index in [2.05, 4.69) is 0 Å². The molecule has 142 valence electrons. The summed E-state index contributed by atoms with van der Waals surface area (Å²) in [5.41, 5.74) is 0.399. The number of amides is 2. The Morgan fingerprint density at radius 3 is 2.50 bits per heavy atom. The number of carbonyl (C=O) groups excluding carboxylic acids is 3. The maximum atomic E-state index is 12.8. The topological polar surface area (TPSA) is 85.4 Å². The van der Waals surface area contributed by atoms with E-state index in [0.29, 0.717) is 22.6 Å². The van der Waals surface area contributed by atoms with Crippen LogP contribution in [0.3, 0.4) is 0 Å². The van der Waals surface area contributed by atoms with E-state index in [4.69, 9.17) is 14.2 Å². The summed E-state index contributed by atoms with van der Waals surface area (Å²) in [5, 5.41) is 0. The Bertz CT molecular complexity index is 741. The highest BCUT2D eigenvalue weighted by Gasteiger charge is 2.41. The first-order chi connectivity index (χ1) is 12.1. The van der Waals surface area contributed by atoms with Gasteiger partial charge in [0.1, 0.15) is 12.4 Å². The average molecular weight is 364 g/mol. The smallest absolute Gasteiger partial charge is 0.409 e. The molecule has 1 aliphatic heterocycles. The van der Waals surface area contributed by atoms with Gasteiger partial charge in [0.2, 0.25) is 0 Å². The van der Waals surface area contributed by atoms with Crippen LogP contribution in [0.1, 0.15) is 29.8 Å². The molecule has 1 aliphatic rings. The number of rotatable bonds is 4. The van der Waals surface area contributed by atoms with Crippen molar-refractivity contribution in [2.45, 2.75) is 26.4 Å². The fraction of sp³-hybridized carbons (Fsp3) is 0.500. The van der Waals surface area contributed by atoms with E-state index >= 15 is 0 Å². The standard InChI is InChI=1S/C18H24N2O6/c1-11-9-14-13(10-12(11)15(21)24-6)20(16(22)18(2,3)26-14)7-8-25-17(23)19(4)5/h9-10H,7-8H2,1-6H3. The van der Waals surface area contributed by atoms with Gasteiger partial charge in [-0.25, -0.2) is 9.59 Å². The summed E-state index contributed by atoms with van der Waals surface area (Å²) in [6, 6.07) is 3.27. The molecule has 0 atom stereocenters. The highest BCUT2D eigenvalue weighted by Crippen LogP contribution is 2.39. The summed E-state index contributed by atoms with van der Waals surface area (Å²) < 4.78 is 15.7. The number of ether oxygens (including phenoxy) is 3. The lowest BCUT2D eigenvalue weighted by Gasteiger charge is -2.39. The third-order valence-corrected chi connectivity index (χ3v) is 4.03. The molecule has 26 heavy (non-hydrogen) atoms. The zero-order valence-corrected chi connectivity index (χ0v) is 15.9. The minimum atomic E-state index is -1.07. The Balaban J connectivity index is 2.36. The Morgan fingerprint density at radius 2 is 1.92 bits per heavy atom. The number of fused-ring (bicyclic) bond motifs is 1. The van der Waals surface area contributed by atoms with Gasteiger partial charge in [-0.2, -0.15) is 0 Å². The van der Waals surface area contributed by atoms with Gasteiger partial charge in [0.25, 0.3) is 5.91 Å². The van der Waals surface area contributed by atoms with Gasteiger partial charge in [-0.3, -0.25) is 4.79 Å². The number of nitrogens with zero attached hydrogens (tertiary/aromatic N) is 2. The molecule has 0 bridgehead atoms. The first kappa shape index (κ1) is 19.6. The molecule has 0 aromatic heterocycles. The molecule has 8 heteroatoms. The maximum Gasteiger partial charge on any atom is 0.409 e. The van der Waals surface area contributed by atoms with Gasteiger partial charge in [-0.15, -0.1) is 0 Å². The first-order valence-corrected chi connectivity index (χ1v) is 8.16. The normalized spacial score (nSPS) is 15.0. The average Bonchev–Trinajstić information content (AvgIpc) is 2.56. The lowest BCUT2D eigenvalue weighted by atomic mass is 10.0. The van der Waals surface area contributed by atoms with Crippen molar-refractivity contribution >= 4 is 23.7 Å². The maximum absolute atomic E-state index is 12.8. The molecule has 0 aliphatic carbocycles. The van der Waals surface area contributed by atoms with Crippen LogP contribution in [0.5, 0.6) is 5.75 Å². The Labute approximate surface area is 152 Å². The van der Waals surface area contributed by atoms with E-state index in [-0.39, 0.29) is 19.1 Å². The highest BCUT2D eigenvalue weighted by atomic mass is 16.6. The number of anilines is 1. The van der Waals surface area contributed by atoms with Crippen molar-refractivity contribution in [1.29, 1.82) is 0 Å². The molecule has 2 rings (SSSR count). The lowest BCUT2D eigenvalue weighted by molar-refractivity contribution is -0.132. The summed E-state index contributed by atoms with van der Waals surface area (Å²) in [6.45, 7) is 5.26. The van der Waals surface area contributed by atoms with Crippen LogP contribution in [0.2, 0.25) is 0 Å². The molecule has 0 saturated carbocycles. The van der Waals surface area contributed by atoms with Crippen molar-refractivity contribution in [2.75, 3.05) is 39.3 Å². The van der Waals surface area contributed by atoms with E-state index in [0.717, 1.165) is 0 Å². The van der Waals surface area contributed by atoms with Gasteiger partial charge in [0.05, 0.1) is 24.9 Å². The van der Waals surface area contributed by atoms with Crippen LogP contribution in [0.4, 0.5) is 10.5 Å². The van der Waals surface area contributed by atoms with Crippen LogP contribution >= 0.6 is 0 Å². The van der Waals surface area contributed by atoms with E-state index in [1.54, 1.807) is 47.0 Å². The molecule has 2 amide bonds. The van der Waals surface area contributed by atoms with Crippen LogP contribution in [0.15, 0.2) is 12.1 Å². The number of aryl methyl sites for hydroxylation is 1. The predicted molar refractivity (Wildman–Crippen MR) is 94.6 cm³/mol. The molecule has 1 aromatic rings. The number of hydrogen-bond donors (Lipinski definition) is 0. The zero-order chi connectivity index (χ0) is 19.6. The van der Waals surface area contributed by atoms with Crippen LogP contribution in [0.25, 0.3) is 0 Å². The summed E-state index contributed by atoms with van der Waals surface area (Å²) in [7, 11) is 4.45. The van der Waals surface area contributed by atoms with E-state index in [1.165, 1.54) is 16.9 Å². The van der Waals surface area contributed by atoms with Crippen LogP contribution < -0.4 is 9.64 Å². The van der Waals surface area contributed by atoms with Crippen molar-refractivity contribution in [3.8, 4) is 5.75 Å². The minimum absolute atomic E-state index is 0.0136. The van der Waals surface area contributed by atoms with Crippen molar-refractivity contribution < 1.29 is 28.6 Å². The molecular formula is C18H24N2O6. The zero-order valence-electron chi connectivity index (χ0n) is 15.9. The fourth-order valence-corrected chi connectivity index (χ4v) is 2.62. The molecule has 1 aromatic carbocycles. The number of hydrogen-bond acceptors (Lipinski definition) is 6. The molecule has 8 nitrogen and oxygen atoms in total.